The molecule has 1 aliphatic heterocycles. The van der Waals surface area contributed by atoms with Crippen molar-refractivity contribution in [2.24, 2.45) is 0 Å². The summed E-state index contributed by atoms with van der Waals surface area (Å²) in [6, 6.07) is 3.52. The molecule has 0 aliphatic carbocycles. The standard InChI is InChI=1S/C14H13F3N6S/c15-14(16,17)11-9-24-12(21-11)8-22-3-5-23(6-4-22)13-19-2-1-10(7-18)20-13/h1-2,9H,3-6,8H2. The molecule has 1 saturated heterocycles. The Balaban J connectivity index is 1.57. The van der Waals surface area contributed by atoms with Gasteiger partial charge in [-0.05, 0) is 6.07 Å². The smallest absolute Gasteiger partial charge is 0.338 e. The number of hydrogen-bond acceptors (Lipinski definition) is 7. The van der Waals surface area contributed by atoms with E-state index in [1.807, 2.05) is 15.9 Å². The summed E-state index contributed by atoms with van der Waals surface area (Å²) in [5.41, 5.74) is -0.521. The average molecular weight is 354 g/mol. The Morgan fingerprint density at radius 2 is 1.96 bits per heavy atom. The molecule has 0 unspecified atom stereocenters. The first kappa shape index (κ1) is 16.6. The number of thiazole rings is 1. The third kappa shape index (κ3) is 3.80. The predicted molar refractivity (Wildman–Crippen MR) is 81.4 cm³/mol. The molecule has 0 atom stereocenters. The third-order valence-corrected chi connectivity index (χ3v) is 4.45. The number of halogens is 3. The van der Waals surface area contributed by atoms with E-state index in [0.717, 1.165) is 16.7 Å². The van der Waals surface area contributed by atoms with Crippen LogP contribution in [0.25, 0.3) is 0 Å². The topological polar surface area (TPSA) is 68.9 Å². The Hall–Kier alpha value is -2.25. The monoisotopic (exact) mass is 354 g/mol. The van der Waals surface area contributed by atoms with Crippen LogP contribution in [0.15, 0.2) is 17.6 Å². The van der Waals surface area contributed by atoms with Gasteiger partial charge in [-0.15, -0.1) is 11.3 Å². The van der Waals surface area contributed by atoms with Gasteiger partial charge in [0.1, 0.15) is 16.8 Å². The molecule has 0 spiro atoms. The third-order valence-electron chi connectivity index (χ3n) is 3.61. The number of alkyl halides is 3. The first-order chi connectivity index (χ1) is 11.5. The highest BCUT2D eigenvalue weighted by Crippen LogP contribution is 2.30. The average Bonchev–Trinajstić information content (AvgIpc) is 3.04. The van der Waals surface area contributed by atoms with E-state index in [9.17, 15) is 13.2 Å². The SMILES string of the molecule is N#Cc1ccnc(N2CCN(Cc3nc(C(F)(F)F)cs3)CC2)n1. The van der Waals surface area contributed by atoms with Gasteiger partial charge < -0.3 is 4.90 Å². The molecule has 0 aromatic carbocycles. The molecule has 1 fully saturated rings. The van der Waals surface area contributed by atoms with Crippen LogP contribution in [0.4, 0.5) is 19.1 Å². The number of piperazine rings is 1. The van der Waals surface area contributed by atoms with Gasteiger partial charge in [-0.3, -0.25) is 4.90 Å². The number of anilines is 1. The van der Waals surface area contributed by atoms with E-state index in [-0.39, 0.29) is 0 Å². The first-order valence-corrected chi connectivity index (χ1v) is 8.06. The summed E-state index contributed by atoms with van der Waals surface area (Å²) in [6.07, 6.45) is -2.85. The van der Waals surface area contributed by atoms with Crippen molar-refractivity contribution in [3.8, 4) is 6.07 Å². The van der Waals surface area contributed by atoms with Gasteiger partial charge in [0.25, 0.3) is 0 Å². The number of nitrogens with zero attached hydrogens (tertiary/aromatic N) is 6. The van der Waals surface area contributed by atoms with E-state index in [0.29, 0.717) is 49.4 Å². The molecule has 24 heavy (non-hydrogen) atoms. The number of hydrogen-bond donors (Lipinski definition) is 0. The Morgan fingerprint density at radius 3 is 2.58 bits per heavy atom. The lowest BCUT2D eigenvalue weighted by atomic mass is 10.3. The number of rotatable bonds is 3. The van der Waals surface area contributed by atoms with Crippen LogP contribution >= 0.6 is 11.3 Å². The summed E-state index contributed by atoms with van der Waals surface area (Å²) in [5.74, 6) is 0.502. The van der Waals surface area contributed by atoms with Gasteiger partial charge >= 0.3 is 6.18 Å². The van der Waals surface area contributed by atoms with Gasteiger partial charge in [-0.25, -0.2) is 15.0 Å². The van der Waals surface area contributed by atoms with E-state index in [2.05, 4.69) is 15.0 Å². The number of aromatic nitrogens is 3. The largest absolute Gasteiger partial charge is 0.434 e. The second-order valence-corrected chi connectivity index (χ2v) is 6.18. The van der Waals surface area contributed by atoms with Crippen molar-refractivity contribution in [1.29, 1.82) is 5.26 Å². The molecular formula is C14H13F3N6S. The van der Waals surface area contributed by atoms with Crippen LogP contribution in [0.2, 0.25) is 0 Å². The van der Waals surface area contributed by atoms with E-state index in [1.54, 1.807) is 12.3 Å². The summed E-state index contributed by atoms with van der Waals surface area (Å²) < 4.78 is 37.7. The van der Waals surface area contributed by atoms with Crippen molar-refractivity contribution in [2.45, 2.75) is 12.7 Å². The molecule has 3 rings (SSSR count). The molecule has 126 valence electrons. The van der Waals surface area contributed by atoms with Gasteiger partial charge in [0, 0.05) is 37.8 Å². The second-order valence-electron chi connectivity index (χ2n) is 5.24. The van der Waals surface area contributed by atoms with Gasteiger partial charge in [0.15, 0.2) is 5.69 Å². The normalized spacial score (nSPS) is 16.2. The summed E-state index contributed by atoms with van der Waals surface area (Å²) in [4.78, 5) is 16.0. The summed E-state index contributed by atoms with van der Waals surface area (Å²) in [7, 11) is 0. The Morgan fingerprint density at radius 1 is 1.21 bits per heavy atom. The van der Waals surface area contributed by atoms with Gasteiger partial charge in [0.05, 0.1) is 6.54 Å². The van der Waals surface area contributed by atoms with Gasteiger partial charge in [-0.1, -0.05) is 0 Å². The fourth-order valence-electron chi connectivity index (χ4n) is 2.37. The van der Waals surface area contributed by atoms with E-state index in [1.165, 1.54) is 0 Å². The van der Waals surface area contributed by atoms with Crippen molar-refractivity contribution >= 4 is 17.3 Å². The van der Waals surface area contributed by atoms with Crippen molar-refractivity contribution < 1.29 is 13.2 Å². The number of nitriles is 1. The van der Waals surface area contributed by atoms with Crippen LogP contribution in [-0.4, -0.2) is 46.0 Å². The van der Waals surface area contributed by atoms with E-state index in [4.69, 9.17) is 5.26 Å². The van der Waals surface area contributed by atoms with Gasteiger partial charge in [-0.2, -0.15) is 18.4 Å². The Labute approximate surface area is 140 Å². The molecule has 0 N–H and O–H groups in total. The molecule has 3 heterocycles. The molecule has 10 heteroatoms. The van der Waals surface area contributed by atoms with E-state index >= 15 is 0 Å². The highest BCUT2D eigenvalue weighted by atomic mass is 32.1. The van der Waals surface area contributed by atoms with E-state index < -0.39 is 11.9 Å². The highest BCUT2D eigenvalue weighted by molar-refractivity contribution is 7.09. The maximum atomic E-state index is 12.6. The summed E-state index contributed by atoms with van der Waals surface area (Å²) >= 11 is 1.03. The quantitative estimate of drug-likeness (QED) is 0.841. The zero-order chi connectivity index (χ0) is 17.2. The van der Waals surface area contributed by atoms with Crippen molar-refractivity contribution in [1.82, 2.24) is 19.9 Å². The zero-order valence-electron chi connectivity index (χ0n) is 12.5. The lowest BCUT2D eigenvalue weighted by Crippen LogP contribution is -2.46. The molecule has 0 amide bonds. The Kier molecular flexibility index (Phi) is 4.64. The van der Waals surface area contributed by atoms with Crippen LogP contribution in [0.5, 0.6) is 0 Å². The first-order valence-electron chi connectivity index (χ1n) is 7.18. The fraction of sp³-hybridized carbons (Fsp3) is 0.429. The molecule has 6 nitrogen and oxygen atoms in total. The van der Waals surface area contributed by atoms with Crippen LogP contribution in [0.3, 0.4) is 0 Å². The maximum Gasteiger partial charge on any atom is 0.434 e. The zero-order valence-corrected chi connectivity index (χ0v) is 13.3. The van der Waals surface area contributed by atoms with Crippen LogP contribution in [0, 0.1) is 11.3 Å². The lowest BCUT2D eigenvalue weighted by Gasteiger charge is -2.34. The molecule has 0 radical (unpaired) electrons. The minimum Gasteiger partial charge on any atom is -0.338 e. The minimum absolute atomic E-state index is 0.310. The van der Waals surface area contributed by atoms with Crippen LogP contribution < -0.4 is 4.90 Å². The summed E-state index contributed by atoms with van der Waals surface area (Å²) in [5, 5.41) is 10.4. The summed E-state index contributed by atoms with van der Waals surface area (Å²) in [6.45, 7) is 3.02. The van der Waals surface area contributed by atoms with Gasteiger partial charge in [0.2, 0.25) is 5.95 Å². The molecular weight excluding hydrogens is 341 g/mol. The molecule has 1 aliphatic rings. The molecule has 0 bridgehead atoms. The Bertz CT molecular complexity index is 745. The van der Waals surface area contributed by atoms with Crippen LogP contribution in [0.1, 0.15) is 16.4 Å². The highest BCUT2D eigenvalue weighted by Gasteiger charge is 2.34. The lowest BCUT2D eigenvalue weighted by molar-refractivity contribution is -0.140. The minimum atomic E-state index is -4.39. The van der Waals surface area contributed by atoms with Crippen LogP contribution in [-0.2, 0) is 12.7 Å². The molecule has 0 saturated carbocycles. The molecule has 2 aromatic heterocycles. The van der Waals surface area contributed by atoms with Crippen molar-refractivity contribution in [3.05, 3.63) is 34.0 Å². The second kappa shape index (κ2) is 6.70. The van der Waals surface area contributed by atoms with Crippen molar-refractivity contribution in [2.75, 3.05) is 31.1 Å². The predicted octanol–water partition coefficient (Wildman–Crippen LogP) is 2.15. The molecule has 2 aromatic rings. The van der Waals surface area contributed by atoms with Crippen molar-refractivity contribution in [3.63, 3.8) is 0 Å². The maximum absolute atomic E-state index is 12.6. The fourth-order valence-corrected chi connectivity index (χ4v) is 3.22.